The molecular formula is C10H5BrN2O5S. The van der Waals surface area contributed by atoms with E-state index in [1.165, 1.54) is 18.2 Å². The highest BCUT2D eigenvalue weighted by atomic mass is 79.9. The highest BCUT2D eigenvalue weighted by Gasteiger charge is 2.14. The molecule has 2 rings (SSSR count). The van der Waals surface area contributed by atoms with Gasteiger partial charge in [0.2, 0.25) is 5.76 Å². The number of carboxylic acid groups (broad SMARTS) is 1. The zero-order chi connectivity index (χ0) is 14.0. The van der Waals surface area contributed by atoms with Crippen LogP contribution in [0.2, 0.25) is 0 Å². The minimum atomic E-state index is -1.16. The molecule has 7 nitrogen and oxygen atoms in total. The second kappa shape index (κ2) is 5.41. The number of aromatic nitrogens is 1. The number of hydrogen-bond acceptors (Lipinski definition) is 6. The molecule has 0 aliphatic carbocycles. The summed E-state index contributed by atoms with van der Waals surface area (Å²) < 4.78 is 5.48. The first-order valence-corrected chi connectivity index (χ1v) is 6.39. The Labute approximate surface area is 118 Å². The molecule has 19 heavy (non-hydrogen) atoms. The summed E-state index contributed by atoms with van der Waals surface area (Å²) >= 11 is 4.23. The van der Waals surface area contributed by atoms with Crippen LogP contribution in [0.15, 0.2) is 43.4 Å². The number of pyridine rings is 1. The van der Waals surface area contributed by atoms with Gasteiger partial charge in [0.1, 0.15) is 11.2 Å². The van der Waals surface area contributed by atoms with Gasteiger partial charge in [-0.3, -0.25) is 10.1 Å². The maximum Gasteiger partial charge on any atom is 0.371 e. The summed E-state index contributed by atoms with van der Waals surface area (Å²) in [5, 5.41) is 20.0. The molecule has 0 saturated carbocycles. The largest absolute Gasteiger partial charge is 0.475 e. The van der Waals surface area contributed by atoms with Gasteiger partial charge in [-0.25, -0.2) is 9.78 Å². The zero-order valence-corrected chi connectivity index (χ0v) is 11.5. The number of aromatic carboxylic acids is 1. The SMILES string of the molecule is O=C(O)c1ccc(Sc2ncc([N+](=O)[O-])cc2Br)o1. The molecule has 0 aromatic carbocycles. The molecule has 0 saturated heterocycles. The summed E-state index contributed by atoms with van der Waals surface area (Å²) in [6.45, 7) is 0. The summed E-state index contributed by atoms with van der Waals surface area (Å²) in [6.07, 6.45) is 1.12. The van der Waals surface area contributed by atoms with Gasteiger partial charge in [-0.2, -0.15) is 0 Å². The standard InChI is InChI=1S/C10H5BrN2O5S/c11-6-3-5(13(16)17)4-12-9(6)19-8-2-1-7(18-8)10(14)15/h1-4H,(H,14,15). The average Bonchev–Trinajstić information content (AvgIpc) is 2.80. The van der Waals surface area contributed by atoms with E-state index in [2.05, 4.69) is 20.9 Å². The molecule has 0 bridgehead atoms. The molecule has 2 aromatic heterocycles. The van der Waals surface area contributed by atoms with Gasteiger partial charge in [-0.15, -0.1) is 0 Å². The minimum absolute atomic E-state index is 0.137. The van der Waals surface area contributed by atoms with Crippen molar-refractivity contribution in [2.45, 2.75) is 10.1 Å². The van der Waals surface area contributed by atoms with Gasteiger partial charge in [0.05, 0.1) is 9.40 Å². The third-order valence-electron chi connectivity index (χ3n) is 1.99. The summed E-state index contributed by atoms with van der Waals surface area (Å²) in [7, 11) is 0. The van der Waals surface area contributed by atoms with Crippen LogP contribution in [0, 0.1) is 10.1 Å². The first kappa shape index (κ1) is 13.6. The molecule has 0 atom stereocenters. The van der Waals surface area contributed by atoms with Gasteiger partial charge in [0.15, 0.2) is 5.09 Å². The lowest BCUT2D eigenvalue weighted by atomic mass is 10.4. The van der Waals surface area contributed by atoms with Crippen molar-refractivity contribution >= 4 is 39.3 Å². The van der Waals surface area contributed by atoms with Crippen LogP contribution in [0.25, 0.3) is 0 Å². The van der Waals surface area contributed by atoms with Crippen molar-refractivity contribution in [2.75, 3.05) is 0 Å². The van der Waals surface area contributed by atoms with Crippen LogP contribution in [0.4, 0.5) is 5.69 Å². The zero-order valence-electron chi connectivity index (χ0n) is 9.07. The second-order valence-electron chi connectivity index (χ2n) is 3.26. The third kappa shape index (κ3) is 3.12. The molecule has 0 unspecified atom stereocenters. The predicted molar refractivity (Wildman–Crippen MR) is 68.4 cm³/mol. The molecule has 0 fully saturated rings. The van der Waals surface area contributed by atoms with Crippen LogP contribution >= 0.6 is 27.7 Å². The van der Waals surface area contributed by atoms with Crippen molar-refractivity contribution < 1.29 is 19.2 Å². The highest BCUT2D eigenvalue weighted by molar-refractivity contribution is 9.10. The van der Waals surface area contributed by atoms with Crippen LogP contribution in [0.1, 0.15) is 10.6 Å². The Morgan fingerprint density at radius 3 is 2.79 bits per heavy atom. The van der Waals surface area contributed by atoms with Crippen LogP contribution in [0.3, 0.4) is 0 Å². The van der Waals surface area contributed by atoms with Gasteiger partial charge in [-0.1, -0.05) is 0 Å². The molecule has 0 aliphatic rings. The third-order valence-corrected chi connectivity index (χ3v) is 3.80. The Balaban J connectivity index is 2.23. The number of furan rings is 1. The van der Waals surface area contributed by atoms with E-state index < -0.39 is 10.9 Å². The molecule has 2 heterocycles. The fraction of sp³-hybridized carbons (Fsp3) is 0. The number of carboxylic acids is 1. The fourth-order valence-corrected chi connectivity index (χ4v) is 2.48. The maximum absolute atomic E-state index is 10.7. The van der Waals surface area contributed by atoms with Crippen LogP contribution in [-0.4, -0.2) is 21.0 Å². The molecule has 0 aliphatic heterocycles. The van der Waals surface area contributed by atoms with Crippen molar-refractivity contribution in [3.8, 4) is 0 Å². The Morgan fingerprint density at radius 2 is 2.26 bits per heavy atom. The number of nitrogens with zero attached hydrogens (tertiary/aromatic N) is 2. The van der Waals surface area contributed by atoms with E-state index in [9.17, 15) is 14.9 Å². The Bertz CT molecular complexity index is 657. The monoisotopic (exact) mass is 344 g/mol. The molecule has 1 N–H and O–H groups in total. The van der Waals surface area contributed by atoms with Gasteiger partial charge in [0.25, 0.3) is 5.69 Å². The van der Waals surface area contributed by atoms with Crippen molar-refractivity contribution in [3.05, 3.63) is 44.7 Å². The lowest BCUT2D eigenvalue weighted by Gasteiger charge is -2.00. The molecule has 0 radical (unpaired) electrons. The van der Waals surface area contributed by atoms with E-state index in [1.807, 2.05) is 0 Å². The Kier molecular flexibility index (Phi) is 3.86. The Morgan fingerprint density at radius 1 is 1.53 bits per heavy atom. The minimum Gasteiger partial charge on any atom is -0.475 e. The lowest BCUT2D eigenvalue weighted by molar-refractivity contribution is -0.385. The quantitative estimate of drug-likeness (QED) is 0.670. The van der Waals surface area contributed by atoms with Crippen molar-refractivity contribution in [3.63, 3.8) is 0 Å². The number of carbonyl (C=O) groups is 1. The summed E-state index contributed by atoms with van der Waals surface area (Å²) in [4.78, 5) is 24.6. The van der Waals surface area contributed by atoms with E-state index in [1.54, 1.807) is 0 Å². The molecular weight excluding hydrogens is 340 g/mol. The molecule has 9 heteroatoms. The first-order chi connectivity index (χ1) is 8.97. The van der Waals surface area contributed by atoms with Crippen molar-refractivity contribution in [1.82, 2.24) is 4.98 Å². The van der Waals surface area contributed by atoms with Gasteiger partial charge >= 0.3 is 5.97 Å². The number of hydrogen-bond donors (Lipinski definition) is 1. The van der Waals surface area contributed by atoms with Crippen molar-refractivity contribution in [1.29, 1.82) is 0 Å². The van der Waals surface area contributed by atoms with Crippen molar-refractivity contribution in [2.24, 2.45) is 0 Å². The highest BCUT2D eigenvalue weighted by Crippen LogP contribution is 2.34. The molecule has 0 spiro atoms. The molecule has 98 valence electrons. The summed E-state index contributed by atoms with van der Waals surface area (Å²) in [6, 6.07) is 4.13. The van der Waals surface area contributed by atoms with Crippen LogP contribution in [-0.2, 0) is 0 Å². The van der Waals surface area contributed by atoms with E-state index in [0.29, 0.717) is 14.6 Å². The van der Waals surface area contributed by atoms with E-state index in [0.717, 1.165) is 18.0 Å². The fourth-order valence-electron chi connectivity index (χ4n) is 1.18. The first-order valence-electron chi connectivity index (χ1n) is 4.78. The Hall–Kier alpha value is -1.87. The average molecular weight is 345 g/mol. The van der Waals surface area contributed by atoms with Crippen LogP contribution < -0.4 is 0 Å². The number of rotatable bonds is 4. The number of halogens is 1. The normalized spacial score (nSPS) is 10.4. The van der Waals surface area contributed by atoms with E-state index in [4.69, 9.17) is 9.52 Å². The maximum atomic E-state index is 10.7. The number of nitro groups is 1. The summed E-state index contributed by atoms with van der Waals surface area (Å²) in [5.74, 6) is -1.34. The predicted octanol–water partition coefficient (Wildman–Crippen LogP) is 3.19. The van der Waals surface area contributed by atoms with Gasteiger partial charge in [0, 0.05) is 6.07 Å². The molecule has 0 amide bonds. The second-order valence-corrected chi connectivity index (χ2v) is 5.11. The lowest BCUT2D eigenvalue weighted by Crippen LogP contribution is -1.92. The van der Waals surface area contributed by atoms with Gasteiger partial charge < -0.3 is 9.52 Å². The summed E-state index contributed by atoms with van der Waals surface area (Å²) in [5.41, 5.74) is -0.137. The van der Waals surface area contributed by atoms with Crippen LogP contribution in [0.5, 0.6) is 0 Å². The smallest absolute Gasteiger partial charge is 0.371 e. The van der Waals surface area contributed by atoms with Gasteiger partial charge in [-0.05, 0) is 39.8 Å². The van der Waals surface area contributed by atoms with E-state index >= 15 is 0 Å². The van der Waals surface area contributed by atoms with E-state index in [-0.39, 0.29) is 11.4 Å². The molecule has 2 aromatic rings. The topological polar surface area (TPSA) is 106 Å².